The molecule has 0 saturated carbocycles. The van der Waals surface area contributed by atoms with Crippen LogP contribution in [0.15, 0.2) is 24.3 Å². The monoisotopic (exact) mass is 632 g/mol. The zero-order chi connectivity index (χ0) is 33.6. The third-order valence-electron chi connectivity index (χ3n) is 7.59. The van der Waals surface area contributed by atoms with Gasteiger partial charge < -0.3 is 38.4 Å². The Morgan fingerprint density at radius 3 is 1.36 bits per heavy atom. The molecule has 0 fully saturated rings. The normalized spacial score (nSPS) is 12.4. The Bertz CT molecular complexity index is 1140. The number of rotatable bonds is 21. The van der Waals surface area contributed by atoms with E-state index in [1.165, 1.54) is 4.90 Å². The number of hydrogen-bond acceptors (Lipinski definition) is 9. The number of nitrogens with zero attached hydrogens (tertiary/aromatic N) is 2. The van der Waals surface area contributed by atoms with E-state index >= 15 is 0 Å². The zero-order valence-corrected chi connectivity index (χ0v) is 29.2. The molecule has 1 amide bonds. The van der Waals surface area contributed by atoms with E-state index in [0.29, 0.717) is 64.4 Å². The summed E-state index contributed by atoms with van der Waals surface area (Å²) in [6.07, 6.45) is -0.762. The fraction of sp³-hybridized carbons (Fsp3) is 0.629. The van der Waals surface area contributed by atoms with Crippen molar-refractivity contribution in [3.63, 3.8) is 0 Å². The number of amides is 1. The van der Waals surface area contributed by atoms with Gasteiger partial charge in [0.15, 0.2) is 6.61 Å². The minimum Gasteiger partial charge on any atom is -0.489 e. The lowest BCUT2D eigenvalue weighted by Crippen LogP contribution is -2.33. The molecular formula is C35H56N2O8. The third kappa shape index (κ3) is 11.2. The molecule has 0 saturated heterocycles. The van der Waals surface area contributed by atoms with Crippen LogP contribution in [0, 0.1) is 0 Å². The molecule has 0 bridgehead atoms. The first-order valence-corrected chi connectivity index (χ1v) is 15.8. The van der Waals surface area contributed by atoms with Crippen LogP contribution in [-0.4, -0.2) is 94.9 Å². The number of aliphatic hydroxyl groups excluding tert-OH is 1. The Kier molecular flexibility index (Phi) is 16.3. The number of benzene rings is 2. The lowest BCUT2D eigenvalue weighted by atomic mass is 9.76. The first-order chi connectivity index (χ1) is 21.4. The van der Waals surface area contributed by atoms with Gasteiger partial charge in [-0.25, -0.2) is 0 Å². The van der Waals surface area contributed by atoms with E-state index in [1.807, 2.05) is 27.7 Å². The molecule has 0 heterocycles. The molecule has 1 unspecified atom stereocenters. The van der Waals surface area contributed by atoms with E-state index in [2.05, 4.69) is 38.1 Å². The molecule has 10 heteroatoms. The lowest BCUT2D eigenvalue weighted by Gasteiger charge is -2.31. The smallest absolute Gasteiger partial charge is 0.259 e. The van der Waals surface area contributed by atoms with Crippen LogP contribution in [0.5, 0.6) is 11.5 Å². The van der Waals surface area contributed by atoms with Gasteiger partial charge in [0.25, 0.3) is 5.91 Å². The molecule has 0 aliphatic heterocycles. The topological polar surface area (TPSA) is 99.2 Å². The molecule has 0 radical (unpaired) electrons. The van der Waals surface area contributed by atoms with Crippen LogP contribution in [0.2, 0.25) is 0 Å². The van der Waals surface area contributed by atoms with E-state index in [-0.39, 0.29) is 19.1 Å². The van der Waals surface area contributed by atoms with Crippen molar-refractivity contribution in [3.8, 4) is 11.5 Å². The molecule has 254 valence electrons. The van der Waals surface area contributed by atoms with E-state index < -0.39 is 11.6 Å². The Morgan fingerprint density at radius 1 is 0.689 bits per heavy atom. The van der Waals surface area contributed by atoms with Crippen molar-refractivity contribution in [1.82, 2.24) is 9.80 Å². The van der Waals surface area contributed by atoms with Gasteiger partial charge in [-0.15, -0.1) is 0 Å². The number of carbonyl (C=O) groups excluding carboxylic acids is 1. The molecular weight excluding hydrogens is 576 g/mol. The second-order valence-corrected chi connectivity index (χ2v) is 11.8. The molecule has 1 N–H and O–H groups in total. The first-order valence-electron chi connectivity index (χ1n) is 15.8. The summed E-state index contributed by atoms with van der Waals surface area (Å²) in [7, 11) is 7.02. The van der Waals surface area contributed by atoms with Crippen LogP contribution >= 0.6 is 0 Å². The minimum atomic E-state index is -0.762. The summed E-state index contributed by atoms with van der Waals surface area (Å²) in [5.41, 5.74) is 5.08. The predicted molar refractivity (Wildman–Crippen MR) is 176 cm³/mol. The number of hydrogen-bond donors (Lipinski definition) is 1. The van der Waals surface area contributed by atoms with Crippen LogP contribution < -0.4 is 9.47 Å². The highest BCUT2D eigenvalue weighted by molar-refractivity contribution is 5.77. The van der Waals surface area contributed by atoms with Gasteiger partial charge in [-0.3, -0.25) is 9.69 Å². The van der Waals surface area contributed by atoms with Crippen molar-refractivity contribution in [2.45, 2.75) is 79.6 Å². The van der Waals surface area contributed by atoms with Crippen LogP contribution in [0.25, 0.3) is 0 Å². The number of aliphatic hydroxyl groups is 1. The van der Waals surface area contributed by atoms with Crippen LogP contribution in [0.3, 0.4) is 0 Å². The van der Waals surface area contributed by atoms with Gasteiger partial charge in [-0.05, 0) is 77.2 Å². The minimum absolute atomic E-state index is 0.0838. The Balaban J connectivity index is 2.73. The second-order valence-electron chi connectivity index (χ2n) is 11.8. The molecule has 1 atom stereocenters. The van der Waals surface area contributed by atoms with Crippen molar-refractivity contribution in [1.29, 1.82) is 0 Å². The summed E-state index contributed by atoms with van der Waals surface area (Å²) < 4.78 is 35.9. The number of ether oxygens (including phenoxy) is 6. The lowest BCUT2D eigenvalue weighted by molar-refractivity contribution is -0.130. The molecule has 2 aromatic rings. The molecule has 2 aromatic carbocycles. The SMILES string of the molecule is CCOCc1cc(C(C)(C)c2cc(COCC)c(OCC(O)N(C)C)c(COCC)c2)cc(COCC)c1OCC(=O)N(C)C. The molecule has 45 heavy (non-hydrogen) atoms. The van der Waals surface area contributed by atoms with E-state index in [0.717, 1.165) is 33.4 Å². The van der Waals surface area contributed by atoms with Crippen molar-refractivity contribution >= 4 is 5.91 Å². The largest absolute Gasteiger partial charge is 0.489 e. The van der Waals surface area contributed by atoms with Gasteiger partial charge in [0.1, 0.15) is 24.3 Å². The highest BCUT2D eigenvalue weighted by Gasteiger charge is 2.29. The summed E-state index contributed by atoms with van der Waals surface area (Å²) in [5.74, 6) is 1.15. The maximum atomic E-state index is 12.4. The Labute approximate surface area is 270 Å². The fourth-order valence-corrected chi connectivity index (χ4v) is 4.61. The molecule has 0 aromatic heterocycles. The summed E-state index contributed by atoms with van der Waals surface area (Å²) >= 11 is 0. The van der Waals surface area contributed by atoms with Crippen molar-refractivity contribution in [3.05, 3.63) is 57.6 Å². The van der Waals surface area contributed by atoms with Gasteiger partial charge >= 0.3 is 0 Å². The zero-order valence-electron chi connectivity index (χ0n) is 29.2. The molecule has 10 nitrogen and oxygen atoms in total. The summed E-state index contributed by atoms with van der Waals surface area (Å²) in [6, 6.07) is 8.44. The van der Waals surface area contributed by atoms with Crippen molar-refractivity contribution in [2.75, 3.05) is 67.8 Å². The molecule has 0 spiro atoms. The second kappa shape index (κ2) is 19.1. The van der Waals surface area contributed by atoms with Gasteiger partial charge in [0.05, 0.1) is 26.4 Å². The van der Waals surface area contributed by atoms with Gasteiger partial charge in [-0.1, -0.05) is 13.8 Å². The Morgan fingerprint density at radius 2 is 1.04 bits per heavy atom. The highest BCUT2D eigenvalue weighted by Crippen LogP contribution is 2.40. The third-order valence-corrected chi connectivity index (χ3v) is 7.59. The van der Waals surface area contributed by atoms with Crippen LogP contribution in [0.1, 0.15) is 74.9 Å². The first kappa shape index (κ1) is 38.5. The predicted octanol–water partition coefficient (Wildman–Crippen LogP) is 4.88. The number of likely N-dealkylation sites (N-methyl/N-ethyl adjacent to an activating group) is 2. The van der Waals surface area contributed by atoms with E-state index in [9.17, 15) is 9.90 Å². The van der Waals surface area contributed by atoms with Gasteiger partial charge in [0, 0.05) is 68.2 Å². The fourth-order valence-electron chi connectivity index (χ4n) is 4.61. The van der Waals surface area contributed by atoms with Crippen molar-refractivity contribution < 1.29 is 38.3 Å². The maximum Gasteiger partial charge on any atom is 0.259 e. The average Bonchev–Trinajstić information content (AvgIpc) is 3.01. The van der Waals surface area contributed by atoms with Crippen LogP contribution in [-0.2, 0) is 55.6 Å². The number of carbonyl (C=O) groups is 1. The van der Waals surface area contributed by atoms with E-state index in [4.69, 9.17) is 28.4 Å². The van der Waals surface area contributed by atoms with Crippen molar-refractivity contribution in [2.24, 2.45) is 0 Å². The molecule has 0 aliphatic rings. The Hall–Kier alpha value is -2.73. The quantitative estimate of drug-likeness (QED) is 0.193. The molecule has 0 aliphatic carbocycles. The molecule has 2 rings (SSSR count). The standard InChI is InChI=1S/C35H56N2O8/c1-11-40-19-25-15-29(16-26(20-41-12-2)33(25)44-23-31(38)36(7)8)35(5,6)30-17-27(21-42-13-3)34(28(18-30)22-43-14-4)45-24-32(39)37(9)10/h15-18,31,38H,11-14,19-24H2,1-10H3. The maximum absolute atomic E-state index is 12.4. The van der Waals surface area contributed by atoms with Gasteiger partial charge in [-0.2, -0.15) is 0 Å². The summed E-state index contributed by atoms with van der Waals surface area (Å²) in [4.78, 5) is 15.6. The summed E-state index contributed by atoms with van der Waals surface area (Å²) in [6.45, 7) is 15.7. The van der Waals surface area contributed by atoms with Crippen LogP contribution in [0.4, 0.5) is 0 Å². The average molecular weight is 633 g/mol. The highest BCUT2D eigenvalue weighted by atomic mass is 16.5. The summed E-state index contributed by atoms with van der Waals surface area (Å²) in [5, 5.41) is 10.4. The van der Waals surface area contributed by atoms with Gasteiger partial charge in [0.2, 0.25) is 0 Å². The van der Waals surface area contributed by atoms with E-state index in [1.54, 1.807) is 33.1 Å².